The Labute approximate surface area is 187 Å². The molecule has 1 saturated heterocycles. The van der Waals surface area contributed by atoms with Crippen LogP contribution in [0.4, 0.5) is 5.69 Å². The van der Waals surface area contributed by atoms with Crippen molar-refractivity contribution in [2.45, 2.75) is 12.8 Å². The van der Waals surface area contributed by atoms with E-state index in [-0.39, 0.29) is 18.3 Å². The number of rotatable bonds is 5. The number of hydrogen-bond acceptors (Lipinski definition) is 3. The van der Waals surface area contributed by atoms with Crippen molar-refractivity contribution in [3.05, 3.63) is 108 Å². The van der Waals surface area contributed by atoms with Crippen LogP contribution >= 0.6 is 0 Å². The van der Waals surface area contributed by atoms with E-state index < -0.39 is 5.92 Å². The zero-order chi connectivity index (χ0) is 21.9. The first kappa shape index (κ1) is 20.0. The molecule has 1 amide bonds. The monoisotopic (exact) mass is 421 g/mol. The fourth-order valence-electron chi connectivity index (χ4n) is 4.25. The van der Waals surface area contributed by atoms with Crippen molar-refractivity contribution >= 4 is 28.3 Å². The standard InChI is InChI=1S/C28H23NO3/c30-27-18-23(19-29(27)26-12-6-10-22-9-4-5-11-25(22)26)28(31)32-24-15-13-21(14-16-24)17-20-7-2-1-3-8-20/h1-16,23H,17-19H2/t23-/m1/s1. The lowest BCUT2D eigenvalue weighted by molar-refractivity contribution is -0.139. The first-order chi connectivity index (χ1) is 15.7. The number of carbonyl (C=O) groups excluding carboxylic acids is 2. The number of hydrogen-bond donors (Lipinski definition) is 0. The Bertz CT molecular complexity index is 1260. The molecule has 0 spiro atoms. The van der Waals surface area contributed by atoms with Crippen LogP contribution in [0.3, 0.4) is 0 Å². The summed E-state index contributed by atoms with van der Waals surface area (Å²) in [6.45, 7) is 0.331. The van der Waals surface area contributed by atoms with E-state index in [1.807, 2.05) is 84.9 Å². The van der Waals surface area contributed by atoms with Crippen molar-refractivity contribution in [1.29, 1.82) is 0 Å². The highest BCUT2D eigenvalue weighted by Crippen LogP contribution is 2.32. The molecule has 0 radical (unpaired) electrons. The smallest absolute Gasteiger partial charge is 0.316 e. The minimum Gasteiger partial charge on any atom is -0.426 e. The Kier molecular flexibility index (Phi) is 5.42. The van der Waals surface area contributed by atoms with E-state index in [0.717, 1.165) is 28.4 Å². The Morgan fingerprint density at radius 1 is 0.812 bits per heavy atom. The number of benzene rings is 4. The van der Waals surface area contributed by atoms with Gasteiger partial charge in [0.25, 0.3) is 0 Å². The molecule has 5 rings (SSSR count). The molecule has 4 heteroatoms. The predicted molar refractivity (Wildman–Crippen MR) is 126 cm³/mol. The number of nitrogens with zero attached hydrogens (tertiary/aromatic N) is 1. The molecular formula is C28H23NO3. The Balaban J connectivity index is 1.26. The van der Waals surface area contributed by atoms with Gasteiger partial charge >= 0.3 is 5.97 Å². The number of amides is 1. The number of fused-ring (bicyclic) bond motifs is 1. The van der Waals surface area contributed by atoms with Crippen molar-refractivity contribution in [3.63, 3.8) is 0 Å². The van der Waals surface area contributed by atoms with E-state index in [1.54, 1.807) is 4.90 Å². The minimum atomic E-state index is -0.481. The molecule has 0 unspecified atom stereocenters. The number of esters is 1. The van der Waals surface area contributed by atoms with Gasteiger partial charge in [0.15, 0.2) is 0 Å². The van der Waals surface area contributed by atoms with Gasteiger partial charge in [-0.05, 0) is 41.1 Å². The minimum absolute atomic E-state index is 0.0542. The van der Waals surface area contributed by atoms with Gasteiger partial charge in [-0.1, -0.05) is 78.9 Å². The normalized spacial score (nSPS) is 15.8. The number of carbonyl (C=O) groups is 2. The van der Waals surface area contributed by atoms with Crippen LogP contribution in [0.5, 0.6) is 5.75 Å². The van der Waals surface area contributed by atoms with Gasteiger partial charge in [0.05, 0.1) is 11.6 Å². The third-order valence-corrected chi connectivity index (χ3v) is 5.91. The molecule has 32 heavy (non-hydrogen) atoms. The molecule has 0 aliphatic carbocycles. The van der Waals surface area contributed by atoms with Crippen molar-refractivity contribution in [1.82, 2.24) is 0 Å². The van der Waals surface area contributed by atoms with Gasteiger partial charge in [0.1, 0.15) is 5.75 Å². The summed E-state index contributed by atoms with van der Waals surface area (Å²) in [7, 11) is 0. The second-order valence-electron chi connectivity index (χ2n) is 8.13. The fraction of sp³-hybridized carbons (Fsp3) is 0.143. The van der Waals surface area contributed by atoms with Crippen LogP contribution in [0.1, 0.15) is 17.5 Å². The van der Waals surface area contributed by atoms with Gasteiger partial charge in [0.2, 0.25) is 5.91 Å². The average molecular weight is 421 g/mol. The van der Waals surface area contributed by atoms with Crippen LogP contribution in [-0.4, -0.2) is 18.4 Å². The van der Waals surface area contributed by atoms with Gasteiger partial charge in [0, 0.05) is 18.4 Å². The summed E-state index contributed by atoms with van der Waals surface area (Å²) in [6.07, 6.45) is 0.986. The molecule has 4 aromatic rings. The van der Waals surface area contributed by atoms with Gasteiger partial charge in [-0.25, -0.2) is 0 Å². The van der Waals surface area contributed by atoms with Crippen LogP contribution in [0.15, 0.2) is 97.1 Å². The highest BCUT2D eigenvalue weighted by Gasteiger charge is 2.37. The highest BCUT2D eigenvalue weighted by atomic mass is 16.5. The summed E-state index contributed by atoms with van der Waals surface area (Å²) in [4.78, 5) is 27.2. The summed E-state index contributed by atoms with van der Waals surface area (Å²) in [5.41, 5.74) is 3.22. The maximum atomic E-state index is 12.8. The topological polar surface area (TPSA) is 46.6 Å². The molecule has 0 saturated carbocycles. The Morgan fingerprint density at radius 2 is 1.50 bits per heavy atom. The molecule has 1 heterocycles. The molecule has 158 valence electrons. The van der Waals surface area contributed by atoms with E-state index in [9.17, 15) is 9.59 Å². The molecule has 1 fully saturated rings. The summed E-state index contributed by atoms with van der Waals surface area (Å²) < 4.78 is 5.61. The second-order valence-corrected chi connectivity index (χ2v) is 8.13. The molecule has 0 N–H and O–H groups in total. The Morgan fingerprint density at radius 3 is 2.31 bits per heavy atom. The molecule has 4 aromatic carbocycles. The van der Waals surface area contributed by atoms with E-state index in [4.69, 9.17) is 4.74 Å². The highest BCUT2D eigenvalue weighted by molar-refractivity contribution is 6.06. The summed E-state index contributed by atoms with van der Waals surface area (Å²) >= 11 is 0. The van der Waals surface area contributed by atoms with E-state index in [0.29, 0.717) is 12.3 Å². The van der Waals surface area contributed by atoms with Crippen LogP contribution < -0.4 is 9.64 Å². The van der Waals surface area contributed by atoms with Crippen LogP contribution in [0.2, 0.25) is 0 Å². The van der Waals surface area contributed by atoms with Crippen LogP contribution in [0.25, 0.3) is 10.8 Å². The third-order valence-electron chi connectivity index (χ3n) is 5.91. The van der Waals surface area contributed by atoms with Crippen LogP contribution in [-0.2, 0) is 16.0 Å². The van der Waals surface area contributed by atoms with Crippen molar-refractivity contribution in [2.75, 3.05) is 11.4 Å². The number of anilines is 1. The lowest BCUT2D eigenvalue weighted by atomic mass is 10.1. The van der Waals surface area contributed by atoms with E-state index in [1.165, 1.54) is 5.56 Å². The maximum absolute atomic E-state index is 12.8. The molecule has 0 bridgehead atoms. The van der Waals surface area contributed by atoms with Crippen molar-refractivity contribution in [2.24, 2.45) is 5.92 Å². The molecule has 1 aliphatic heterocycles. The zero-order valence-corrected chi connectivity index (χ0v) is 17.6. The SMILES string of the molecule is O=C(Oc1ccc(Cc2ccccc2)cc1)[C@@H]1CC(=O)N(c2cccc3ccccc23)C1. The lowest BCUT2D eigenvalue weighted by Gasteiger charge is -2.18. The van der Waals surface area contributed by atoms with Gasteiger partial charge in [-0.15, -0.1) is 0 Å². The third kappa shape index (κ3) is 4.12. The molecule has 0 aromatic heterocycles. The predicted octanol–water partition coefficient (Wildman–Crippen LogP) is 5.39. The fourth-order valence-corrected chi connectivity index (χ4v) is 4.25. The van der Waals surface area contributed by atoms with Crippen molar-refractivity contribution < 1.29 is 14.3 Å². The first-order valence-electron chi connectivity index (χ1n) is 10.8. The summed E-state index contributed by atoms with van der Waals surface area (Å²) in [5, 5.41) is 2.07. The molecule has 4 nitrogen and oxygen atoms in total. The zero-order valence-electron chi connectivity index (χ0n) is 17.6. The van der Waals surface area contributed by atoms with Crippen LogP contribution in [0, 0.1) is 5.92 Å². The second kappa shape index (κ2) is 8.67. The number of ether oxygens (including phenoxy) is 1. The quantitative estimate of drug-likeness (QED) is 0.321. The lowest BCUT2D eigenvalue weighted by Crippen LogP contribution is -2.27. The molecule has 1 aliphatic rings. The largest absolute Gasteiger partial charge is 0.426 e. The Hall–Kier alpha value is -3.92. The first-order valence-corrected chi connectivity index (χ1v) is 10.8. The van der Waals surface area contributed by atoms with E-state index in [2.05, 4.69) is 12.1 Å². The maximum Gasteiger partial charge on any atom is 0.316 e. The molecule has 1 atom stereocenters. The van der Waals surface area contributed by atoms with E-state index >= 15 is 0 Å². The summed E-state index contributed by atoms with van der Waals surface area (Å²) in [6, 6.07) is 31.6. The van der Waals surface area contributed by atoms with Gasteiger partial charge in [-0.2, -0.15) is 0 Å². The average Bonchev–Trinajstić information content (AvgIpc) is 3.22. The van der Waals surface area contributed by atoms with Crippen molar-refractivity contribution in [3.8, 4) is 5.75 Å². The van der Waals surface area contributed by atoms with Gasteiger partial charge < -0.3 is 9.64 Å². The molecular weight excluding hydrogens is 398 g/mol. The van der Waals surface area contributed by atoms with Gasteiger partial charge in [-0.3, -0.25) is 9.59 Å². The summed E-state index contributed by atoms with van der Waals surface area (Å²) in [5.74, 6) is -0.397.